The Kier molecular flexibility index (Phi) is 7.50. The first-order valence-corrected chi connectivity index (χ1v) is 11.1. The summed E-state index contributed by atoms with van der Waals surface area (Å²) in [6, 6.07) is 30.4. The van der Waals surface area contributed by atoms with Gasteiger partial charge in [0.25, 0.3) is 0 Å². The van der Waals surface area contributed by atoms with Gasteiger partial charge in [0, 0.05) is 0 Å². The van der Waals surface area contributed by atoms with E-state index in [1.807, 2.05) is 60.9 Å². The Labute approximate surface area is 177 Å². The van der Waals surface area contributed by atoms with Gasteiger partial charge in [0.15, 0.2) is 0 Å². The molecular weight excluding hydrogens is 378 g/mol. The second-order valence-corrected chi connectivity index (χ2v) is 7.84. The van der Waals surface area contributed by atoms with Gasteiger partial charge >= 0.3 is 5.97 Å². The SMILES string of the molecule is COC(=O)[C@@H](CCSC)NC(c1ccccc1)(c1ccccc1)c1ccccc1. The summed E-state index contributed by atoms with van der Waals surface area (Å²) >= 11 is 1.72. The highest BCUT2D eigenvalue weighted by atomic mass is 32.2. The van der Waals surface area contributed by atoms with Gasteiger partial charge in [-0.05, 0) is 35.1 Å². The van der Waals surface area contributed by atoms with Crippen molar-refractivity contribution in [3.05, 3.63) is 108 Å². The number of hydrogen-bond acceptors (Lipinski definition) is 4. The minimum absolute atomic E-state index is 0.244. The van der Waals surface area contributed by atoms with Crippen LogP contribution in [-0.4, -0.2) is 31.1 Å². The molecular formula is C25H27NO2S. The fourth-order valence-electron chi connectivity index (χ4n) is 3.70. The summed E-state index contributed by atoms with van der Waals surface area (Å²) in [5, 5.41) is 3.71. The molecule has 0 aromatic heterocycles. The zero-order valence-electron chi connectivity index (χ0n) is 16.9. The Hall–Kier alpha value is -2.56. The molecule has 0 saturated heterocycles. The van der Waals surface area contributed by atoms with Crippen LogP contribution >= 0.6 is 11.8 Å². The second-order valence-electron chi connectivity index (χ2n) is 6.85. The number of benzene rings is 3. The summed E-state index contributed by atoms with van der Waals surface area (Å²) in [6.45, 7) is 0. The summed E-state index contributed by atoms with van der Waals surface area (Å²) in [5.74, 6) is 0.618. The number of carbonyl (C=O) groups is 1. The van der Waals surface area contributed by atoms with E-state index >= 15 is 0 Å². The molecule has 0 radical (unpaired) electrons. The van der Waals surface area contributed by atoms with Gasteiger partial charge < -0.3 is 4.74 Å². The van der Waals surface area contributed by atoms with E-state index < -0.39 is 11.6 Å². The number of thioether (sulfide) groups is 1. The predicted molar refractivity (Wildman–Crippen MR) is 121 cm³/mol. The summed E-state index contributed by atoms with van der Waals surface area (Å²) in [7, 11) is 1.45. The van der Waals surface area contributed by atoms with Crippen molar-refractivity contribution in [1.82, 2.24) is 5.32 Å². The van der Waals surface area contributed by atoms with Gasteiger partial charge in [0.05, 0.1) is 12.6 Å². The van der Waals surface area contributed by atoms with Crippen LogP contribution in [0.15, 0.2) is 91.0 Å². The van der Waals surface area contributed by atoms with Crippen LogP contribution in [0.2, 0.25) is 0 Å². The standard InChI is InChI=1S/C25H27NO2S/c1-28-24(27)23(18-19-29-2)26-25(20-12-6-3-7-13-20,21-14-8-4-9-15-21)22-16-10-5-11-17-22/h3-17,23,26H,18-19H2,1-2H3/t23-/m1/s1. The van der Waals surface area contributed by atoms with E-state index in [9.17, 15) is 4.79 Å². The summed E-state index contributed by atoms with van der Waals surface area (Å²) in [5.41, 5.74) is 2.56. The van der Waals surface area contributed by atoms with E-state index in [-0.39, 0.29) is 5.97 Å². The second kappa shape index (κ2) is 10.3. The first-order valence-electron chi connectivity index (χ1n) is 9.73. The highest BCUT2D eigenvalue weighted by molar-refractivity contribution is 7.98. The van der Waals surface area contributed by atoms with Crippen LogP contribution < -0.4 is 5.32 Å². The van der Waals surface area contributed by atoms with Crippen molar-refractivity contribution >= 4 is 17.7 Å². The van der Waals surface area contributed by atoms with Gasteiger partial charge in [-0.2, -0.15) is 11.8 Å². The van der Waals surface area contributed by atoms with Crippen molar-refractivity contribution < 1.29 is 9.53 Å². The van der Waals surface area contributed by atoms with Crippen molar-refractivity contribution in [3.8, 4) is 0 Å². The number of carbonyl (C=O) groups excluding carboxylic acids is 1. The molecule has 3 aromatic carbocycles. The molecule has 0 heterocycles. The van der Waals surface area contributed by atoms with Crippen LogP contribution in [0.25, 0.3) is 0 Å². The molecule has 4 heteroatoms. The average Bonchev–Trinajstić information content (AvgIpc) is 2.81. The lowest BCUT2D eigenvalue weighted by Crippen LogP contribution is -2.53. The molecule has 1 N–H and O–H groups in total. The van der Waals surface area contributed by atoms with Gasteiger partial charge in [0.2, 0.25) is 0 Å². The largest absolute Gasteiger partial charge is 0.468 e. The quantitative estimate of drug-likeness (QED) is 0.407. The normalized spacial score (nSPS) is 12.3. The first kappa shape index (κ1) is 21.2. The Morgan fingerprint density at radius 3 is 1.62 bits per heavy atom. The molecule has 3 rings (SSSR count). The molecule has 0 saturated carbocycles. The maximum Gasteiger partial charge on any atom is 0.322 e. The highest BCUT2D eigenvalue weighted by Gasteiger charge is 2.39. The number of esters is 1. The predicted octanol–water partition coefficient (Wildman–Crippen LogP) is 4.86. The Balaban J connectivity index is 2.23. The molecule has 0 aliphatic rings. The summed E-state index contributed by atoms with van der Waals surface area (Å²) in [4.78, 5) is 12.7. The van der Waals surface area contributed by atoms with Crippen molar-refractivity contribution in [1.29, 1.82) is 0 Å². The van der Waals surface area contributed by atoms with Gasteiger partial charge in [-0.3, -0.25) is 10.1 Å². The molecule has 0 unspecified atom stereocenters. The van der Waals surface area contributed by atoms with Gasteiger partial charge in [0.1, 0.15) is 6.04 Å². The zero-order chi connectivity index (χ0) is 20.5. The molecule has 0 aliphatic carbocycles. The van der Waals surface area contributed by atoms with Crippen LogP contribution in [-0.2, 0) is 15.1 Å². The number of hydrogen-bond donors (Lipinski definition) is 1. The minimum atomic E-state index is -0.680. The molecule has 150 valence electrons. The van der Waals surface area contributed by atoms with Gasteiger partial charge in [-0.25, -0.2) is 0 Å². The van der Waals surface area contributed by atoms with E-state index in [0.717, 1.165) is 22.4 Å². The molecule has 1 atom stereocenters. The van der Waals surface area contributed by atoms with E-state index in [4.69, 9.17) is 4.74 Å². The highest BCUT2D eigenvalue weighted by Crippen LogP contribution is 2.37. The Morgan fingerprint density at radius 2 is 1.28 bits per heavy atom. The lowest BCUT2D eigenvalue weighted by atomic mass is 9.76. The first-order chi connectivity index (χ1) is 14.2. The monoisotopic (exact) mass is 405 g/mol. The van der Waals surface area contributed by atoms with Gasteiger partial charge in [-0.1, -0.05) is 91.0 Å². The smallest absolute Gasteiger partial charge is 0.322 e. The van der Waals surface area contributed by atoms with Crippen LogP contribution in [0.5, 0.6) is 0 Å². The molecule has 0 aliphatic heterocycles. The average molecular weight is 406 g/mol. The Morgan fingerprint density at radius 1 is 0.862 bits per heavy atom. The van der Waals surface area contributed by atoms with Crippen LogP contribution in [0.1, 0.15) is 23.1 Å². The van der Waals surface area contributed by atoms with Gasteiger partial charge in [-0.15, -0.1) is 0 Å². The van der Waals surface area contributed by atoms with E-state index in [1.165, 1.54) is 7.11 Å². The number of ether oxygens (including phenoxy) is 1. The molecule has 3 aromatic rings. The third-order valence-corrected chi connectivity index (χ3v) is 5.75. The molecule has 0 bridgehead atoms. The van der Waals surface area contributed by atoms with Crippen LogP contribution in [0, 0.1) is 0 Å². The van der Waals surface area contributed by atoms with E-state index in [2.05, 4.69) is 41.7 Å². The van der Waals surface area contributed by atoms with Crippen molar-refractivity contribution in [2.24, 2.45) is 0 Å². The minimum Gasteiger partial charge on any atom is -0.468 e. The topological polar surface area (TPSA) is 38.3 Å². The maximum absolute atomic E-state index is 12.7. The fraction of sp³-hybridized carbons (Fsp3) is 0.240. The van der Waals surface area contributed by atoms with Crippen LogP contribution in [0.4, 0.5) is 0 Å². The van der Waals surface area contributed by atoms with E-state index in [1.54, 1.807) is 11.8 Å². The van der Waals surface area contributed by atoms with Crippen molar-refractivity contribution in [3.63, 3.8) is 0 Å². The molecule has 3 nitrogen and oxygen atoms in total. The van der Waals surface area contributed by atoms with Crippen molar-refractivity contribution in [2.45, 2.75) is 18.0 Å². The van der Waals surface area contributed by atoms with Crippen molar-refractivity contribution in [2.75, 3.05) is 19.1 Å². The van der Waals surface area contributed by atoms with E-state index in [0.29, 0.717) is 6.42 Å². The summed E-state index contributed by atoms with van der Waals surface area (Å²) < 4.78 is 5.15. The Bertz CT molecular complexity index is 788. The number of methoxy groups -OCH3 is 1. The molecule has 0 spiro atoms. The lowest BCUT2D eigenvalue weighted by molar-refractivity contribution is -0.143. The zero-order valence-corrected chi connectivity index (χ0v) is 17.7. The lowest BCUT2D eigenvalue weighted by Gasteiger charge is -2.39. The van der Waals surface area contributed by atoms with Crippen LogP contribution in [0.3, 0.4) is 0 Å². The molecule has 0 amide bonds. The third-order valence-electron chi connectivity index (χ3n) is 5.11. The number of rotatable bonds is 9. The maximum atomic E-state index is 12.7. The fourth-order valence-corrected chi connectivity index (χ4v) is 4.17. The molecule has 0 fully saturated rings. The molecule has 29 heavy (non-hydrogen) atoms. The summed E-state index contributed by atoms with van der Waals surface area (Å²) in [6.07, 6.45) is 2.73. The third kappa shape index (κ3) is 4.72. The number of nitrogens with one attached hydrogen (secondary N) is 1.